The molecule has 0 aliphatic rings. The number of nitriles is 1. The molecular weight excluding hydrogens is 370 g/mol. The highest BCUT2D eigenvalue weighted by molar-refractivity contribution is 7.16. The smallest absolute Gasteiger partial charge is 0.251 e. The zero-order valence-electron chi connectivity index (χ0n) is 16.8. The minimum Gasteiger partial charge on any atom is -0.317 e. The zero-order chi connectivity index (χ0) is 20.6. The second kappa shape index (κ2) is 7.61. The lowest BCUT2D eigenvalue weighted by atomic mass is 10.0. The van der Waals surface area contributed by atoms with Crippen molar-refractivity contribution in [2.45, 2.75) is 47.6 Å². The number of anilines is 1. The molecule has 0 aliphatic carbocycles. The van der Waals surface area contributed by atoms with E-state index in [1.54, 1.807) is 10.6 Å². The lowest BCUT2D eigenvalue weighted by Gasteiger charge is -2.15. The van der Waals surface area contributed by atoms with Gasteiger partial charge in [-0.1, -0.05) is 11.6 Å². The number of nitrogens with zero attached hydrogens (tertiary/aromatic N) is 2. The summed E-state index contributed by atoms with van der Waals surface area (Å²) in [4.78, 5) is 26.1. The van der Waals surface area contributed by atoms with Gasteiger partial charge in [0.05, 0.1) is 11.1 Å². The molecule has 0 unspecified atom stereocenters. The maximum absolute atomic E-state index is 12.6. The van der Waals surface area contributed by atoms with E-state index < -0.39 is 0 Å². The maximum Gasteiger partial charge on any atom is 0.251 e. The summed E-state index contributed by atoms with van der Waals surface area (Å²) in [5, 5.41) is 13.8. The van der Waals surface area contributed by atoms with E-state index in [9.17, 15) is 14.9 Å². The highest BCUT2D eigenvalue weighted by atomic mass is 32.1. The van der Waals surface area contributed by atoms with Crippen molar-refractivity contribution in [3.8, 4) is 6.07 Å². The molecule has 6 heteroatoms. The number of carbonyl (C=O) groups excluding carboxylic acids is 1. The van der Waals surface area contributed by atoms with Gasteiger partial charge in [0.2, 0.25) is 5.91 Å². The summed E-state index contributed by atoms with van der Waals surface area (Å²) < 4.78 is 1.67. The summed E-state index contributed by atoms with van der Waals surface area (Å²) in [5.41, 5.74) is 5.29. The molecule has 0 atom stereocenters. The minimum atomic E-state index is -0.205. The van der Waals surface area contributed by atoms with Gasteiger partial charge in [-0.05, 0) is 57.4 Å². The van der Waals surface area contributed by atoms with E-state index in [1.807, 2.05) is 40.7 Å². The highest BCUT2D eigenvalue weighted by Crippen LogP contribution is 2.31. The first-order chi connectivity index (χ1) is 13.2. The summed E-state index contributed by atoms with van der Waals surface area (Å²) >= 11 is 1.40. The van der Waals surface area contributed by atoms with Crippen molar-refractivity contribution in [2.24, 2.45) is 0 Å². The second-order valence-electron chi connectivity index (χ2n) is 7.19. The molecule has 0 saturated carbocycles. The van der Waals surface area contributed by atoms with E-state index >= 15 is 0 Å². The third-order valence-corrected chi connectivity index (χ3v) is 6.18. The fourth-order valence-corrected chi connectivity index (χ4v) is 4.57. The zero-order valence-corrected chi connectivity index (χ0v) is 17.6. The van der Waals surface area contributed by atoms with Crippen LogP contribution in [0.25, 0.3) is 10.9 Å². The van der Waals surface area contributed by atoms with Gasteiger partial charge in [-0.3, -0.25) is 9.59 Å². The van der Waals surface area contributed by atoms with Crippen LogP contribution in [0.5, 0.6) is 0 Å². The molecule has 144 valence electrons. The van der Waals surface area contributed by atoms with Crippen LogP contribution in [-0.4, -0.2) is 10.5 Å². The summed E-state index contributed by atoms with van der Waals surface area (Å²) in [6, 6.07) is 7.90. The molecule has 1 aromatic carbocycles. The van der Waals surface area contributed by atoms with Crippen LogP contribution in [0.15, 0.2) is 23.0 Å². The fourth-order valence-electron chi connectivity index (χ4n) is 3.54. The standard InChI is InChI=1S/C22H23N3O2S/c1-12-8-14(3)21-17(9-12)13(2)10-20(27)25(21)7-6-19(26)24-22-18(11-23)15(4)16(5)28-22/h8-10H,6-7H2,1-5H3,(H,24,26). The molecule has 5 nitrogen and oxygen atoms in total. The molecule has 28 heavy (non-hydrogen) atoms. The molecule has 3 rings (SSSR count). The monoisotopic (exact) mass is 393 g/mol. The summed E-state index contributed by atoms with van der Waals surface area (Å²) in [6.45, 7) is 10.1. The van der Waals surface area contributed by atoms with Crippen LogP contribution in [0.2, 0.25) is 0 Å². The normalized spacial score (nSPS) is 10.9. The van der Waals surface area contributed by atoms with E-state index in [0.29, 0.717) is 10.6 Å². The molecule has 0 aliphatic heterocycles. The number of amides is 1. The Hall–Kier alpha value is -2.91. The molecule has 0 fully saturated rings. The Balaban J connectivity index is 1.88. The molecule has 0 radical (unpaired) electrons. The predicted molar refractivity (Wildman–Crippen MR) is 114 cm³/mol. The van der Waals surface area contributed by atoms with Gasteiger partial charge in [-0.2, -0.15) is 5.26 Å². The Morgan fingerprint density at radius 3 is 2.54 bits per heavy atom. The van der Waals surface area contributed by atoms with E-state index in [1.165, 1.54) is 11.3 Å². The number of carbonyl (C=O) groups is 1. The van der Waals surface area contributed by atoms with Crippen molar-refractivity contribution < 1.29 is 4.79 Å². The summed E-state index contributed by atoms with van der Waals surface area (Å²) in [7, 11) is 0. The molecule has 2 heterocycles. The first-order valence-corrected chi connectivity index (χ1v) is 9.96. The van der Waals surface area contributed by atoms with Crippen LogP contribution < -0.4 is 10.9 Å². The van der Waals surface area contributed by atoms with Gasteiger partial charge in [0.1, 0.15) is 11.1 Å². The number of nitrogens with one attached hydrogen (secondary N) is 1. The quantitative estimate of drug-likeness (QED) is 0.709. The number of pyridine rings is 1. The Labute approximate surface area is 168 Å². The number of rotatable bonds is 4. The van der Waals surface area contributed by atoms with Crippen LogP contribution in [0.4, 0.5) is 5.00 Å². The summed E-state index contributed by atoms with van der Waals surface area (Å²) in [6.07, 6.45) is 0.159. The third-order valence-electron chi connectivity index (χ3n) is 5.06. The number of hydrogen-bond donors (Lipinski definition) is 1. The van der Waals surface area contributed by atoms with E-state index in [-0.39, 0.29) is 24.4 Å². The average Bonchev–Trinajstić information content (AvgIpc) is 2.88. The van der Waals surface area contributed by atoms with Crippen molar-refractivity contribution in [3.63, 3.8) is 0 Å². The van der Waals surface area contributed by atoms with Crippen molar-refractivity contribution in [2.75, 3.05) is 5.32 Å². The van der Waals surface area contributed by atoms with Crippen LogP contribution in [0, 0.1) is 45.9 Å². The van der Waals surface area contributed by atoms with Crippen LogP contribution in [-0.2, 0) is 11.3 Å². The number of fused-ring (bicyclic) bond motifs is 1. The van der Waals surface area contributed by atoms with Gasteiger partial charge in [0.25, 0.3) is 5.56 Å². The SMILES string of the molecule is Cc1cc(C)c2c(c1)c(C)cc(=O)n2CCC(=O)Nc1sc(C)c(C)c1C#N. The van der Waals surface area contributed by atoms with E-state index in [0.717, 1.165) is 38.0 Å². The van der Waals surface area contributed by atoms with Crippen molar-refractivity contribution in [3.05, 3.63) is 61.2 Å². The topological polar surface area (TPSA) is 74.9 Å². The van der Waals surface area contributed by atoms with Gasteiger partial charge in [0, 0.05) is 29.3 Å². The van der Waals surface area contributed by atoms with Gasteiger partial charge >= 0.3 is 0 Å². The number of thiophene rings is 1. The molecule has 0 spiro atoms. The first-order valence-electron chi connectivity index (χ1n) is 9.14. The number of aromatic nitrogens is 1. The minimum absolute atomic E-state index is 0.106. The van der Waals surface area contributed by atoms with Crippen molar-refractivity contribution in [1.29, 1.82) is 5.26 Å². The van der Waals surface area contributed by atoms with Crippen molar-refractivity contribution >= 4 is 33.1 Å². The number of aryl methyl sites for hydroxylation is 5. The third kappa shape index (κ3) is 3.58. The van der Waals surface area contributed by atoms with Gasteiger partial charge < -0.3 is 9.88 Å². The molecule has 1 N–H and O–H groups in total. The second-order valence-corrected chi connectivity index (χ2v) is 8.42. The number of benzene rings is 1. The highest BCUT2D eigenvalue weighted by Gasteiger charge is 2.16. The summed E-state index contributed by atoms with van der Waals surface area (Å²) in [5.74, 6) is -0.205. The maximum atomic E-state index is 12.6. The molecule has 3 aromatic rings. The molecule has 0 bridgehead atoms. The Bertz CT molecular complexity index is 1200. The number of hydrogen-bond acceptors (Lipinski definition) is 4. The Kier molecular flexibility index (Phi) is 5.39. The Morgan fingerprint density at radius 2 is 1.86 bits per heavy atom. The molecular formula is C22H23N3O2S. The van der Waals surface area contributed by atoms with E-state index in [2.05, 4.69) is 17.5 Å². The van der Waals surface area contributed by atoms with Gasteiger partial charge in [-0.25, -0.2) is 0 Å². The van der Waals surface area contributed by atoms with Gasteiger partial charge in [-0.15, -0.1) is 11.3 Å². The van der Waals surface area contributed by atoms with Crippen LogP contribution >= 0.6 is 11.3 Å². The average molecular weight is 394 g/mol. The lowest BCUT2D eigenvalue weighted by molar-refractivity contribution is -0.116. The Morgan fingerprint density at radius 1 is 1.14 bits per heavy atom. The predicted octanol–water partition coefficient (Wildman–Crippen LogP) is 4.51. The first kappa shape index (κ1) is 19.8. The van der Waals surface area contributed by atoms with Crippen molar-refractivity contribution in [1.82, 2.24) is 4.57 Å². The largest absolute Gasteiger partial charge is 0.317 e. The van der Waals surface area contributed by atoms with Crippen LogP contribution in [0.1, 0.15) is 39.1 Å². The fraction of sp³-hybridized carbons (Fsp3) is 0.318. The molecule has 0 saturated heterocycles. The lowest BCUT2D eigenvalue weighted by Crippen LogP contribution is -2.24. The van der Waals surface area contributed by atoms with E-state index in [4.69, 9.17) is 0 Å². The molecule has 1 amide bonds. The van der Waals surface area contributed by atoms with Crippen LogP contribution in [0.3, 0.4) is 0 Å². The van der Waals surface area contributed by atoms with Gasteiger partial charge in [0.15, 0.2) is 0 Å². The molecule has 2 aromatic heterocycles.